The Hall–Kier alpha value is -3.03. The Bertz CT molecular complexity index is 1070. The van der Waals surface area contributed by atoms with Gasteiger partial charge in [-0.3, -0.25) is 14.7 Å². The van der Waals surface area contributed by atoms with Crippen LogP contribution in [0, 0.1) is 0 Å². The van der Waals surface area contributed by atoms with E-state index in [4.69, 9.17) is 10.1 Å². The molecule has 0 aliphatic carbocycles. The lowest BCUT2D eigenvalue weighted by Crippen LogP contribution is -2.27. The van der Waals surface area contributed by atoms with E-state index in [1.807, 2.05) is 61.6 Å². The standard InChI is InChI=1S/C24H29N5O2/c1-28(2)23-18(6-5-10-25-23)16-29-12-9-17(15-29)22-14-20(24(31)26-11-13-30)19-7-3-4-8-21(19)27-22/h3-8,10,14,17,30H,9,11-13,15-16H2,1-2H3,(H,26,31)/t17-/m1/s1. The van der Waals surface area contributed by atoms with E-state index in [9.17, 15) is 4.79 Å². The second kappa shape index (κ2) is 9.41. The Morgan fingerprint density at radius 2 is 2.10 bits per heavy atom. The van der Waals surface area contributed by atoms with Gasteiger partial charge in [-0.05, 0) is 31.2 Å². The maximum Gasteiger partial charge on any atom is 0.252 e. The summed E-state index contributed by atoms with van der Waals surface area (Å²) in [6.07, 6.45) is 2.83. The molecule has 2 N–H and O–H groups in total. The first-order valence-corrected chi connectivity index (χ1v) is 10.7. The molecule has 1 fully saturated rings. The van der Waals surface area contributed by atoms with Gasteiger partial charge in [-0.2, -0.15) is 0 Å². The number of amides is 1. The lowest BCUT2D eigenvalue weighted by molar-refractivity contribution is 0.0946. The number of rotatable bonds is 7. The number of anilines is 1. The van der Waals surface area contributed by atoms with Crippen LogP contribution >= 0.6 is 0 Å². The summed E-state index contributed by atoms with van der Waals surface area (Å²) in [4.78, 5) is 26.6. The maximum atomic E-state index is 12.7. The fourth-order valence-corrected chi connectivity index (χ4v) is 4.27. The van der Waals surface area contributed by atoms with E-state index in [0.717, 1.165) is 48.5 Å². The molecule has 1 atom stereocenters. The van der Waals surface area contributed by atoms with E-state index < -0.39 is 0 Å². The zero-order chi connectivity index (χ0) is 21.8. The number of para-hydroxylation sites is 1. The number of hydrogen-bond donors (Lipinski definition) is 2. The van der Waals surface area contributed by atoms with Crippen molar-refractivity contribution in [2.75, 3.05) is 45.2 Å². The molecule has 0 bridgehead atoms. The molecule has 4 rings (SSSR count). The number of nitrogens with zero attached hydrogens (tertiary/aromatic N) is 4. The molecule has 1 saturated heterocycles. The molecular weight excluding hydrogens is 390 g/mol. The minimum absolute atomic E-state index is 0.0809. The van der Waals surface area contributed by atoms with E-state index in [1.54, 1.807) is 0 Å². The Kier molecular flexibility index (Phi) is 6.44. The van der Waals surface area contributed by atoms with Crippen LogP contribution in [-0.4, -0.2) is 66.2 Å². The van der Waals surface area contributed by atoms with Crippen molar-refractivity contribution < 1.29 is 9.90 Å². The average Bonchev–Trinajstić information content (AvgIpc) is 3.25. The molecule has 1 aromatic carbocycles. The number of carbonyl (C=O) groups is 1. The molecule has 1 aliphatic rings. The third kappa shape index (κ3) is 4.68. The van der Waals surface area contributed by atoms with Gasteiger partial charge in [-0.25, -0.2) is 4.98 Å². The largest absolute Gasteiger partial charge is 0.395 e. The lowest BCUT2D eigenvalue weighted by atomic mass is 9.99. The van der Waals surface area contributed by atoms with Crippen molar-refractivity contribution in [1.29, 1.82) is 0 Å². The number of hydrogen-bond acceptors (Lipinski definition) is 6. The van der Waals surface area contributed by atoms with Gasteiger partial charge in [0, 0.05) is 62.5 Å². The monoisotopic (exact) mass is 419 g/mol. The summed E-state index contributed by atoms with van der Waals surface area (Å²) in [5.41, 5.74) is 3.61. The van der Waals surface area contributed by atoms with Crippen LogP contribution in [0.5, 0.6) is 0 Å². The summed E-state index contributed by atoms with van der Waals surface area (Å²) >= 11 is 0. The van der Waals surface area contributed by atoms with Crippen LogP contribution in [0.2, 0.25) is 0 Å². The normalized spacial score (nSPS) is 16.5. The average molecular weight is 420 g/mol. The molecule has 2 aromatic heterocycles. The third-order valence-electron chi connectivity index (χ3n) is 5.75. The summed E-state index contributed by atoms with van der Waals surface area (Å²) in [5.74, 6) is 1.10. The summed E-state index contributed by atoms with van der Waals surface area (Å²) in [5, 5.41) is 12.7. The van der Waals surface area contributed by atoms with E-state index in [-0.39, 0.29) is 25.0 Å². The van der Waals surface area contributed by atoms with Crippen molar-refractivity contribution in [3.05, 3.63) is 65.5 Å². The molecule has 0 spiro atoms. The van der Waals surface area contributed by atoms with Crippen LogP contribution in [0.25, 0.3) is 10.9 Å². The molecule has 7 nitrogen and oxygen atoms in total. The first-order chi connectivity index (χ1) is 15.1. The van der Waals surface area contributed by atoms with Gasteiger partial charge in [-0.1, -0.05) is 24.3 Å². The number of aromatic nitrogens is 2. The Morgan fingerprint density at radius 1 is 1.26 bits per heavy atom. The Labute approximate surface area is 182 Å². The summed E-state index contributed by atoms with van der Waals surface area (Å²) in [7, 11) is 4.03. The quantitative estimate of drug-likeness (QED) is 0.612. The number of likely N-dealkylation sites (tertiary alicyclic amines) is 1. The number of carbonyl (C=O) groups excluding carboxylic acids is 1. The van der Waals surface area contributed by atoms with Gasteiger partial charge in [0.25, 0.3) is 5.91 Å². The van der Waals surface area contributed by atoms with Crippen LogP contribution in [0.1, 0.15) is 34.0 Å². The fraction of sp³-hybridized carbons (Fsp3) is 0.375. The highest BCUT2D eigenvalue weighted by Gasteiger charge is 2.27. The van der Waals surface area contributed by atoms with Gasteiger partial charge in [0.05, 0.1) is 17.7 Å². The van der Waals surface area contributed by atoms with Crippen LogP contribution in [0.3, 0.4) is 0 Å². The SMILES string of the molecule is CN(C)c1ncccc1CN1CC[C@@H](c2cc(C(=O)NCCO)c3ccccc3n2)C1. The second-order valence-corrected chi connectivity index (χ2v) is 8.19. The number of benzene rings is 1. The first-order valence-electron chi connectivity index (χ1n) is 10.7. The Balaban J connectivity index is 1.56. The van der Waals surface area contributed by atoms with Gasteiger partial charge < -0.3 is 15.3 Å². The molecule has 1 amide bonds. The van der Waals surface area contributed by atoms with Crippen molar-refractivity contribution in [2.45, 2.75) is 18.9 Å². The highest BCUT2D eigenvalue weighted by molar-refractivity contribution is 6.06. The van der Waals surface area contributed by atoms with E-state index in [0.29, 0.717) is 5.56 Å². The number of aliphatic hydroxyl groups excluding tert-OH is 1. The van der Waals surface area contributed by atoms with E-state index in [2.05, 4.69) is 21.3 Å². The smallest absolute Gasteiger partial charge is 0.252 e. The predicted molar refractivity (Wildman–Crippen MR) is 122 cm³/mol. The number of pyridine rings is 2. The number of fused-ring (bicyclic) bond motifs is 1. The van der Waals surface area contributed by atoms with Crippen molar-refractivity contribution in [2.24, 2.45) is 0 Å². The minimum Gasteiger partial charge on any atom is -0.395 e. The van der Waals surface area contributed by atoms with Gasteiger partial charge in [0.2, 0.25) is 0 Å². The maximum absolute atomic E-state index is 12.7. The molecule has 3 aromatic rings. The van der Waals surface area contributed by atoms with Crippen molar-refractivity contribution in [1.82, 2.24) is 20.2 Å². The van der Waals surface area contributed by atoms with Gasteiger partial charge in [0.15, 0.2) is 0 Å². The zero-order valence-electron chi connectivity index (χ0n) is 18.1. The van der Waals surface area contributed by atoms with Crippen LogP contribution in [-0.2, 0) is 6.54 Å². The number of nitrogens with one attached hydrogen (secondary N) is 1. The molecular formula is C24H29N5O2. The second-order valence-electron chi connectivity index (χ2n) is 8.19. The first kappa shape index (κ1) is 21.2. The molecule has 31 heavy (non-hydrogen) atoms. The summed E-state index contributed by atoms with van der Waals surface area (Å²) in [6.45, 7) is 2.87. The highest BCUT2D eigenvalue weighted by Crippen LogP contribution is 2.31. The lowest BCUT2D eigenvalue weighted by Gasteiger charge is -2.21. The van der Waals surface area contributed by atoms with Crippen molar-refractivity contribution >= 4 is 22.6 Å². The fourth-order valence-electron chi connectivity index (χ4n) is 4.27. The van der Waals surface area contributed by atoms with Gasteiger partial charge in [0.1, 0.15) is 5.82 Å². The minimum atomic E-state index is -0.172. The summed E-state index contributed by atoms with van der Waals surface area (Å²) in [6, 6.07) is 13.8. The number of aliphatic hydroxyl groups is 1. The van der Waals surface area contributed by atoms with E-state index in [1.165, 1.54) is 5.56 Å². The Morgan fingerprint density at radius 3 is 2.90 bits per heavy atom. The van der Waals surface area contributed by atoms with Crippen LogP contribution in [0.4, 0.5) is 5.82 Å². The predicted octanol–water partition coefficient (Wildman–Crippen LogP) is 2.41. The van der Waals surface area contributed by atoms with Crippen LogP contribution in [0.15, 0.2) is 48.7 Å². The van der Waals surface area contributed by atoms with Crippen LogP contribution < -0.4 is 10.2 Å². The topological polar surface area (TPSA) is 81.6 Å². The van der Waals surface area contributed by atoms with Gasteiger partial charge >= 0.3 is 0 Å². The highest BCUT2D eigenvalue weighted by atomic mass is 16.3. The summed E-state index contributed by atoms with van der Waals surface area (Å²) < 4.78 is 0. The molecule has 0 unspecified atom stereocenters. The van der Waals surface area contributed by atoms with Gasteiger partial charge in [-0.15, -0.1) is 0 Å². The van der Waals surface area contributed by atoms with Crippen molar-refractivity contribution in [3.8, 4) is 0 Å². The third-order valence-corrected chi connectivity index (χ3v) is 5.75. The van der Waals surface area contributed by atoms with Crippen molar-refractivity contribution in [3.63, 3.8) is 0 Å². The molecule has 3 heterocycles. The molecule has 1 aliphatic heterocycles. The molecule has 162 valence electrons. The molecule has 0 radical (unpaired) electrons. The molecule has 0 saturated carbocycles. The zero-order valence-corrected chi connectivity index (χ0v) is 18.1. The van der Waals surface area contributed by atoms with E-state index >= 15 is 0 Å². The molecule has 7 heteroatoms.